The van der Waals surface area contributed by atoms with Crippen LogP contribution in [0.2, 0.25) is 5.02 Å². The predicted molar refractivity (Wildman–Crippen MR) is 92.6 cm³/mol. The lowest BCUT2D eigenvalue weighted by molar-refractivity contribution is -0.384. The highest BCUT2D eigenvalue weighted by molar-refractivity contribution is 7.80. The highest BCUT2D eigenvalue weighted by atomic mass is 35.5. The number of nitro groups is 1. The van der Waals surface area contributed by atoms with Crippen molar-refractivity contribution < 1.29 is 9.72 Å². The van der Waals surface area contributed by atoms with Crippen molar-refractivity contribution in [1.82, 2.24) is 5.32 Å². The zero-order chi connectivity index (χ0) is 16.8. The van der Waals surface area contributed by atoms with Gasteiger partial charge in [0.25, 0.3) is 5.69 Å². The molecule has 0 bridgehead atoms. The number of benzene rings is 2. The fourth-order valence-corrected chi connectivity index (χ4v) is 2.26. The second kappa shape index (κ2) is 7.66. The first-order chi connectivity index (χ1) is 11.0. The lowest BCUT2D eigenvalue weighted by atomic mass is 10.1. The third kappa shape index (κ3) is 5.01. The van der Waals surface area contributed by atoms with Crippen molar-refractivity contribution in [3.63, 3.8) is 0 Å². The third-order valence-electron chi connectivity index (χ3n) is 2.86. The van der Waals surface area contributed by atoms with E-state index < -0.39 is 4.92 Å². The number of hydrogen-bond acceptors (Lipinski definition) is 4. The van der Waals surface area contributed by atoms with E-state index in [4.69, 9.17) is 23.8 Å². The molecule has 0 atom stereocenters. The van der Waals surface area contributed by atoms with Gasteiger partial charge in [-0.1, -0.05) is 41.9 Å². The molecule has 8 heteroatoms. The number of carbonyl (C=O) groups excluding carboxylic acids is 1. The number of anilines is 1. The highest BCUT2D eigenvalue weighted by Crippen LogP contribution is 2.27. The smallest absolute Gasteiger partial charge is 0.289 e. The Morgan fingerprint density at radius 2 is 1.91 bits per heavy atom. The Bertz CT molecular complexity index is 753. The van der Waals surface area contributed by atoms with Crippen molar-refractivity contribution in [2.75, 3.05) is 5.32 Å². The van der Waals surface area contributed by atoms with Gasteiger partial charge in [-0.05, 0) is 29.9 Å². The molecular weight excluding hydrogens is 338 g/mol. The van der Waals surface area contributed by atoms with Crippen LogP contribution in [-0.2, 0) is 11.2 Å². The normalized spacial score (nSPS) is 9.96. The summed E-state index contributed by atoms with van der Waals surface area (Å²) in [5.41, 5.74) is 0.983. The van der Waals surface area contributed by atoms with E-state index in [1.54, 1.807) is 0 Å². The maximum atomic E-state index is 11.9. The van der Waals surface area contributed by atoms with Crippen LogP contribution in [0.25, 0.3) is 0 Å². The molecule has 0 heterocycles. The quantitative estimate of drug-likeness (QED) is 0.502. The fraction of sp³-hybridized carbons (Fsp3) is 0.0667. The molecule has 2 aromatic rings. The van der Waals surface area contributed by atoms with E-state index in [9.17, 15) is 14.9 Å². The molecule has 0 aliphatic heterocycles. The number of hydrogen-bond donors (Lipinski definition) is 2. The van der Waals surface area contributed by atoms with Gasteiger partial charge in [-0.2, -0.15) is 0 Å². The molecule has 23 heavy (non-hydrogen) atoms. The van der Waals surface area contributed by atoms with E-state index in [-0.39, 0.29) is 28.2 Å². The number of carbonyl (C=O) groups is 1. The van der Waals surface area contributed by atoms with Crippen molar-refractivity contribution in [3.8, 4) is 0 Å². The van der Waals surface area contributed by atoms with Gasteiger partial charge in [-0.3, -0.25) is 14.9 Å². The van der Waals surface area contributed by atoms with Crippen LogP contribution in [0.4, 0.5) is 11.4 Å². The summed E-state index contributed by atoms with van der Waals surface area (Å²) in [5, 5.41) is 16.2. The Labute approximate surface area is 142 Å². The zero-order valence-corrected chi connectivity index (χ0v) is 13.4. The number of amides is 1. The zero-order valence-electron chi connectivity index (χ0n) is 11.8. The van der Waals surface area contributed by atoms with Gasteiger partial charge in [-0.25, -0.2) is 0 Å². The predicted octanol–water partition coefficient (Wildman–Crippen LogP) is 3.30. The molecule has 0 saturated heterocycles. The number of thiocarbonyl (C=S) groups is 1. The van der Waals surface area contributed by atoms with Crippen LogP contribution in [0.3, 0.4) is 0 Å². The molecule has 0 aliphatic carbocycles. The largest absolute Gasteiger partial charge is 0.332 e. The number of halogens is 1. The van der Waals surface area contributed by atoms with Crippen molar-refractivity contribution in [2.45, 2.75) is 6.42 Å². The first-order valence-electron chi connectivity index (χ1n) is 6.54. The second-order valence-corrected chi connectivity index (χ2v) is 5.40. The summed E-state index contributed by atoms with van der Waals surface area (Å²) in [6.45, 7) is 0. The molecular formula is C15H12ClN3O3S. The van der Waals surface area contributed by atoms with Crippen molar-refractivity contribution in [2.24, 2.45) is 0 Å². The minimum Gasteiger partial charge on any atom is -0.332 e. The number of nitrogens with one attached hydrogen (secondary N) is 2. The molecule has 1 amide bonds. The van der Waals surface area contributed by atoms with Crippen molar-refractivity contribution in [1.29, 1.82) is 0 Å². The molecule has 0 radical (unpaired) electrons. The minimum absolute atomic E-state index is 0.0274. The van der Waals surface area contributed by atoms with Crippen molar-refractivity contribution >= 4 is 46.2 Å². The van der Waals surface area contributed by atoms with Gasteiger partial charge in [0, 0.05) is 11.8 Å². The van der Waals surface area contributed by atoms with Gasteiger partial charge in [-0.15, -0.1) is 0 Å². The van der Waals surface area contributed by atoms with E-state index in [1.807, 2.05) is 30.3 Å². The Balaban J connectivity index is 1.96. The first-order valence-corrected chi connectivity index (χ1v) is 7.33. The fourth-order valence-electron chi connectivity index (χ4n) is 1.84. The van der Waals surface area contributed by atoms with Gasteiger partial charge >= 0.3 is 0 Å². The molecule has 2 N–H and O–H groups in total. The molecule has 0 saturated carbocycles. The Kier molecular flexibility index (Phi) is 5.61. The number of nitrogens with zero attached hydrogens (tertiary/aromatic N) is 1. The topological polar surface area (TPSA) is 84.3 Å². The number of nitro benzene ring substituents is 1. The van der Waals surface area contributed by atoms with E-state index in [1.165, 1.54) is 18.2 Å². The molecule has 6 nitrogen and oxygen atoms in total. The van der Waals surface area contributed by atoms with Crippen LogP contribution in [0, 0.1) is 10.1 Å². The van der Waals surface area contributed by atoms with Gasteiger partial charge in [0.15, 0.2) is 5.11 Å². The van der Waals surface area contributed by atoms with Gasteiger partial charge < -0.3 is 10.6 Å². The van der Waals surface area contributed by atoms with Crippen molar-refractivity contribution in [3.05, 3.63) is 69.2 Å². The van der Waals surface area contributed by atoms with Gasteiger partial charge in [0.2, 0.25) is 5.91 Å². The molecule has 0 aliphatic rings. The highest BCUT2D eigenvalue weighted by Gasteiger charge is 2.13. The summed E-state index contributed by atoms with van der Waals surface area (Å²) in [7, 11) is 0. The van der Waals surface area contributed by atoms with Crippen LogP contribution in [0.15, 0.2) is 48.5 Å². The van der Waals surface area contributed by atoms with Gasteiger partial charge in [0.1, 0.15) is 5.02 Å². The molecule has 2 aromatic carbocycles. The maximum absolute atomic E-state index is 11.9. The first kappa shape index (κ1) is 16.9. The standard InChI is InChI=1S/C15H12ClN3O3S/c16-12-7-6-11(9-13(12)19(21)22)17-15(23)18-14(20)8-10-4-2-1-3-5-10/h1-7,9H,8H2,(H2,17,18,20,23). The molecule has 0 unspecified atom stereocenters. The summed E-state index contributed by atoms with van der Waals surface area (Å²) < 4.78 is 0. The monoisotopic (exact) mass is 349 g/mol. The third-order valence-corrected chi connectivity index (χ3v) is 3.38. The van der Waals surface area contributed by atoms with Crippen LogP contribution >= 0.6 is 23.8 Å². The average Bonchev–Trinajstić information content (AvgIpc) is 2.49. The molecule has 0 spiro atoms. The second-order valence-electron chi connectivity index (χ2n) is 4.59. The summed E-state index contributed by atoms with van der Waals surface area (Å²) >= 11 is 10.8. The Morgan fingerprint density at radius 3 is 2.57 bits per heavy atom. The maximum Gasteiger partial charge on any atom is 0.289 e. The molecule has 118 valence electrons. The van der Waals surface area contributed by atoms with Crippen LogP contribution in [0.1, 0.15) is 5.56 Å². The molecule has 0 fully saturated rings. The van der Waals surface area contributed by atoms with Gasteiger partial charge in [0.05, 0.1) is 11.3 Å². The van der Waals surface area contributed by atoms with Crippen LogP contribution < -0.4 is 10.6 Å². The lowest BCUT2D eigenvalue weighted by Gasteiger charge is -2.09. The minimum atomic E-state index is -0.593. The van der Waals surface area contributed by atoms with E-state index in [0.717, 1.165) is 5.56 Å². The molecule has 0 aromatic heterocycles. The summed E-state index contributed by atoms with van der Waals surface area (Å²) in [6, 6.07) is 13.4. The lowest BCUT2D eigenvalue weighted by Crippen LogP contribution is -2.35. The summed E-state index contributed by atoms with van der Waals surface area (Å²) in [4.78, 5) is 22.1. The average molecular weight is 350 g/mol. The molecule has 2 rings (SSSR count). The van der Waals surface area contributed by atoms with E-state index in [0.29, 0.717) is 5.69 Å². The summed E-state index contributed by atoms with van der Waals surface area (Å²) in [6.07, 6.45) is 0.184. The van der Waals surface area contributed by atoms with Crippen LogP contribution in [0.5, 0.6) is 0 Å². The SMILES string of the molecule is O=C(Cc1ccccc1)NC(=S)Nc1ccc(Cl)c([N+](=O)[O-])c1. The summed E-state index contributed by atoms with van der Waals surface area (Å²) in [5.74, 6) is -0.280. The van der Waals surface area contributed by atoms with Crippen LogP contribution in [-0.4, -0.2) is 15.9 Å². The van der Waals surface area contributed by atoms with E-state index in [2.05, 4.69) is 10.6 Å². The number of rotatable bonds is 4. The van der Waals surface area contributed by atoms with E-state index >= 15 is 0 Å². The Morgan fingerprint density at radius 1 is 1.22 bits per heavy atom. The Hall–Kier alpha value is -2.51.